The summed E-state index contributed by atoms with van der Waals surface area (Å²) in [5.41, 5.74) is 2.23. The second kappa shape index (κ2) is 6.62. The molecule has 0 radical (unpaired) electrons. The van der Waals surface area contributed by atoms with Gasteiger partial charge in [-0.15, -0.1) is 0 Å². The van der Waals surface area contributed by atoms with Gasteiger partial charge in [0, 0.05) is 12.1 Å². The van der Waals surface area contributed by atoms with Gasteiger partial charge in [-0.25, -0.2) is 0 Å². The van der Waals surface area contributed by atoms with Gasteiger partial charge in [-0.3, -0.25) is 10.3 Å². The summed E-state index contributed by atoms with van der Waals surface area (Å²) >= 11 is 0. The summed E-state index contributed by atoms with van der Waals surface area (Å²) in [4.78, 5) is 4.53. The number of pyridine rings is 1. The van der Waals surface area contributed by atoms with Gasteiger partial charge < -0.3 is 4.42 Å². The van der Waals surface area contributed by atoms with Gasteiger partial charge in [-0.05, 0) is 42.2 Å². The molecule has 3 atom stereocenters. The zero-order valence-corrected chi connectivity index (χ0v) is 13.9. The van der Waals surface area contributed by atoms with E-state index in [0.29, 0.717) is 12.5 Å². The van der Waals surface area contributed by atoms with E-state index in [2.05, 4.69) is 59.7 Å². The summed E-state index contributed by atoms with van der Waals surface area (Å²) in [5.74, 6) is 3.51. The molecular weight excluding hydrogens is 296 g/mol. The number of hydrogen-bond acceptors (Lipinski definition) is 3. The maximum atomic E-state index is 6.02. The molecule has 0 amide bonds. The van der Waals surface area contributed by atoms with Gasteiger partial charge in [0.25, 0.3) is 0 Å². The van der Waals surface area contributed by atoms with Crippen LogP contribution in [0.25, 0.3) is 0 Å². The molecule has 0 unspecified atom stereocenters. The molecule has 4 rings (SSSR count). The van der Waals surface area contributed by atoms with Crippen molar-refractivity contribution in [2.24, 2.45) is 5.92 Å². The van der Waals surface area contributed by atoms with Crippen molar-refractivity contribution in [1.82, 2.24) is 10.3 Å². The lowest BCUT2D eigenvalue weighted by molar-refractivity contribution is 0.433. The minimum atomic E-state index is 0.0563. The third-order valence-electron chi connectivity index (χ3n) is 4.75. The van der Waals surface area contributed by atoms with Crippen molar-refractivity contribution in [1.29, 1.82) is 0 Å². The van der Waals surface area contributed by atoms with Crippen LogP contribution >= 0.6 is 0 Å². The Kier molecular flexibility index (Phi) is 4.18. The second-order valence-electron chi connectivity index (χ2n) is 6.60. The first-order valence-corrected chi connectivity index (χ1v) is 8.59. The normalized spacial score (nSPS) is 20.7. The fourth-order valence-corrected chi connectivity index (χ4v) is 3.20. The summed E-state index contributed by atoms with van der Waals surface area (Å²) in [6, 6.07) is 20.7. The van der Waals surface area contributed by atoms with E-state index in [1.807, 2.05) is 24.4 Å². The van der Waals surface area contributed by atoms with Gasteiger partial charge in [-0.1, -0.05) is 43.3 Å². The van der Waals surface area contributed by atoms with E-state index < -0.39 is 0 Å². The van der Waals surface area contributed by atoms with Gasteiger partial charge >= 0.3 is 0 Å². The van der Waals surface area contributed by atoms with Crippen molar-refractivity contribution < 1.29 is 4.42 Å². The molecule has 0 bridgehead atoms. The Morgan fingerprint density at radius 2 is 1.88 bits per heavy atom. The van der Waals surface area contributed by atoms with Crippen molar-refractivity contribution in [3.63, 3.8) is 0 Å². The minimum Gasteiger partial charge on any atom is -0.464 e. The molecule has 1 aromatic carbocycles. The number of nitrogens with zero attached hydrogens (tertiary/aromatic N) is 1. The Hall–Kier alpha value is -2.39. The van der Waals surface area contributed by atoms with E-state index in [0.717, 1.165) is 23.1 Å². The van der Waals surface area contributed by atoms with Crippen LogP contribution in [-0.4, -0.2) is 4.98 Å². The maximum Gasteiger partial charge on any atom is 0.117 e. The van der Waals surface area contributed by atoms with Crippen molar-refractivity contribution in [2.75, 3.05) is 0 Å². The molecule has 2 aromatic heterocycles. The van der Waals surface area contributed by atoms with Crippen molar-refractivity contribution in [3.05, 3.63) is 89.6 Å². The standard InChI is InChI=1S/C21H22N2O/c1-15-13-18(15)20-11-10-17(24-20)14-23-21(16-7-3-2-4-8-16)19-9-5-6-12-22-19/h2-12,15,18,21,23H,13-14H2,1H3/t15-,18+,21-/m1/s1. The van der Waals surface area contributed by atoms with Crippen LogP contribution in [0.15, 0.2) is 71.3 Å². The summed E-state index contributed by atoms with van der Waals surface area (Å²) < 4.78 is 6.02. The predicted octanol–water partition coefficient (Wildman–Crippen LogP) is 4.68. The van der Waals surface area contributed by atoms with Gasteiger partial charge in [0.2, 0.25) is 0 Å². The van der Waals surface area contributed by atoms with Crippen molar-refractivity contribution in [3.8, 4) is 0 Å². The van der Waals surface area contributed by atoms with E-state index in [1.54, 1.807) is 0 Å². The van der Waals surface area contributed by atoms with Crippen LogP contribution < -0.4 is 5.32 Å². The predicted molar refractivity (Wildman–Crippen MR) is 94.6 cm³/mol. The van der Waals surface area contributed by atoms with Crippen LogP contribution in [-0.2, 0) is 6.54 Å². The first-order chi connectivity index (χ1) is 11.8. The summed E-state index contributed by atoms with van der Waals surface area (Å²) in [7, 11) is 0. The van der Waals surface area contributed by atoms with Gasteiger partial charge in [0.15, 0.2) is 0 Å². The number of nitrogens with one attached hydrogen (secondary N) is 1. The molecule has 0 saturated heterocycles. The third-order valence-corrected chi connectivity index (χ3v) is 4.75. The Bertz CT molecular complexity index is 742. The van der Waals surface area contributed by atoms with Gasteiger partial charge in [0.1, 0.15) is 11.5 Å². The number of hydrogen-bond donors (Lipinski definition) is 1. The molecule has 1 fully saturated rings. The van der Waals surface area contributed by atoms with E-state index in [1.165, 1.54) is 12.0 Å². The number of rotatable bonds is 6. The van der Waals surface area contributed by atoms with E-state index in [4.69, 9.17) is 4.42 Å². The molecule has 24 heavy (non-hydrogen) atoms. The molecule has 122 valence electrons. The molecule has 2 heterocycles. The molecule has 3 heteroatoms. The zero-order valence-electron chi connectivity index (χ0n) is 13.9. The SMILES string of the molecule is C[C@@H]1C[C@@H]1c1ccc(CN[C@H](c2ccccc2)c2ccccn2)o1. The largest absolute Gasteiger partial charge is 0.464 e. The molecule has 1 saturated carbocycles. The second-order valence-corrected chi connectivity index (χ2v) is 6.60. The zero-order chi connectivity index (χ0) is 16.4. The monoisotopic (exact) mass is 318 g/mol. The van der Waals surface area contributed by atoms with Crippen LogP contribution in [0.2, 0.25) is 0 Å². The summed E-state index contributed by atoms with van der Waals surface area (Å²) in [6.07, 6.45) is 3.09. The van der Waals surface area contributed by atoms with Gasteiger partial charge in [0.05, 0.1) is 18.3 Å². The summed E-state index contributed by atoms with van der Waals surface area (Å²) in [6.45, 7) is 2.97. The first-order valence-electron chi connectivity index (χ1n) is 8.59. The van der Waals surface area contributed by atoms with Crippen LogP contribution in [0.5, 0.6) is 0 Å². The lowest BCUT2D eigenvalue weighted by atomic mass is 10.0. The van der Waals surface area contributed by atoms with E-state index in [-0.39, 0.29) is 6.04 Å². The molecule has 1 N–H and O–H groups in total. The van der Waals surface area contributed by atoms with Crippen LogP contribution in [0.4, 0.5) is 0 Å². The molecule has 0 spiro atoms. The fourth-order valence-electron chi connectivity index (χ4n) is 3.20. The first kappa shape index (κ1) is 15.2. The average molecular weight is 318 g/mol. The van der Waals surface area contributed by atoms with E-state index in [9.17, 15) is 0 Å². The molecular formula is C21H22N2O. The number of benzene rings is 1. The highest BCUT2D eigenvalue weighted by Crippen LogP contribution is 2.47. The average Bonchev–Trinajstić information content (AvgIpc) is 3.18. The highest BCUT2D eigenvalue weighted by Gasteiger charge is 2.36. The third kappa shape index (κ3) is 3.26. The quantitative estimate of drug-likeness (QED) is 0.717. The smallest absolute Gasteiger partial charge is 0.117 e. The highest BCUT2D eigenvalue weighted by atomic mass is 16.3. The molecule has 3 aromatic rings. The van der Waals surface area contributed by atoms with Crippen LogP contribution in [0.1, 0.15) is 48.1 Å². The highest BCUT2D eigenvalue weighted by molar-refractivity contribution is 5.28. The Labute approximate surface area is 142 Å². The Morgan fingerprint density at radius 1 is 1.08 bits per heavy atom. The molecule has 3 nitrogen and oxygen atoms in total. The Morgan fingerprint density at radius 3 is 2.58 bits per heavy atom. The van der Waals surface area contributed by atoms with E-state index >= 15 is 0 Å². The van der Waals surface area contributed by atoms with Crippen molar-refractivity contribution in [2.45, 2.75) is 31.8 Å². The van der Waals surface area contributed by atoms with Gasteiger partial charge in [-0.2, -0.15) is 0 Å². The summed E-state index contributed by atoms with van der Waals surface area (Å²) in [5, 5.41) is 3.60. The number of aromatic nitrogens is 1. The number of furan rings is 1. The molecule has 1 aliphatic rings. The lowest BCUT2D eigenvalue weighted by Crippen LogP contribution is -2.22. The molecule has 0 aliphatic heterocycles. The molecule has 1 aliphatic carbocycles. The fraction of sp³-hybridized carbons (Fsp3) is 0.286. The lowest BCUT2D eigenvalue weighted by Gasteiger charge is -2.18. The Balaban J connectivity index is 1.51. The van der Waals surface area contributed by atoms with Crippen LogP contribution in [0, 0.1) is 5.92 Å². The van der Waals surface area contributed by atoms with Crippen molar-refractivity contribution >= 4 is 0 Å². The minimum absolute atomic E-state index is 0.0563. The maximum absolute atomic E-state index is 6.02. The van der Waals surface area contributed by atoms with Crippen LogP contribution in [0.3, 0.4) is 0 Å². The topological polar surface area (TPSA) is 38.1 Å².